The second-order valence-corrected chi connectivity index (χ2v) is 11.8. The number of hydrogen-bond acceptors (Lipinski definition) is 5. The van der Waals surface area contributed by atoms with E-state index in [4.69, 9.17) is 14.2 Å². The zero-order valence-corrected chi connectivity index (χ0v) is 25.4. The molecule has 0 bridgehead atoms. The number of hydrogen-bond donors (Lipinski definition) is 2. The molecule has 3 aromatic carbocycles. The van der Waals surface area contributed by atoms with Crippen molar-refractivity contribution in [1.82, 2.24) is 5.32 Å². The van der Waals surface area contributed by atoms with E-state index in [1.165, 1.54) is 11.1 Å². The Labute approximate surface area is 250 Å². The lowest BCUT2D eigenvalue weighted by atomic mass is 9.86. The van der Waals surface area contributed by atoms with Crippen molar-refractivity contribution in [2.45, 2.75) is 90.8 Å². The summed E-state index contributed by atoms with van der Waals surface area (Å²) in [6, 6.07) is 27.1. The fourth-order valence-electron chi connectivity index (χ4n) is 4.83. The number of amides is 1. The fourth-order valence-corrected chi connectivity index (χ4v) is 4.83. The molecule has 7 heteroatoms. The van der Waals surface area contributed by atoms with Gasteiger partial charge in [0.2, 0.25) is 0 Å². The molecule has 0 aliphatic heterocycles. The lowest BCUT2D eigenvalue weighted by Crippen LogP contribution is -2.43. The molecule has 4 unspecified atom stereocenters. The van der Waals surface area contributed by atoms with Gasteiger partial charge in [0.25, 0.3) is 0 Å². The molecule has 0 aromatic heterocycles. The van der Waals surface area contributed by atoms with Gasteiger partial charge in [0.15, 0.2) is 0 Å². The Morgan fingerprint density at radius 3 is 2.07 bits per heavy atom. The van der Waals surface area contributed by atoms with Crippen molar-refractivity contribution in [3.8, 4) is 5.75 Å². The predicted molar refractivity (Wildman–Crippen MR) is 165 cm³/mol. The first kappa shape index (κ1) is 32.7. The second-order valence-electron chi connectivity index (χ2n) is 11.8. The molecule has 0 radical (unpaired) electrons. The average molecular weight is 576 g/mol. The van der Waals surface area contributed by atoms with Crippen LogP contribution in [0.15, 0.2) is 84.9 Å². The van der Waals surface area contributed by atoms with Gasteiger partial charge in [0, 0.05) is 5.92 Å². The van der Waals surface area contributed by atoms with Gasteiger partial charge in [0.05, 0.1) is 12.7 Å². The van der Waals surface area contributed by atoms with Crippen LogP contribution in [0.25, 0.3) is 0 Å². The molecule has 0 saturated heterocycles. The minimum atomic E-state index is -1.09. The molecule has 7 nitrogen and oxygen atoms in total. The van der Waals surface area contributed by atoms with Crippen LogP contribution >= 0.6 is 0 Å². The number of benzene rings is 3. The van der Waals surface area contributed by atoms with Crippen LogP contribution in [0.4, 0.5) is 4.79 Å². The highest BCUT2D eigenvalue weighted by atomic mass is 16.6. The normalized spacial score (nSPS) is 14.3. The number of carbonyl (C=O) groups is 2. The first-order chi connectivity index (χ1) is 20.0. The Morgan fingerprint density at radius 2 is 1.48 bits per heavy atom. The van der Waals surface area contributed by atoms with Crippen molar-refractivity contribution >= 4 is 12.1 Å². The van der Waals surface area contributed by atoms with Crippen LogP contribution in [0.1, 0.15) is 63.6 Å². The third kappa shape index (κ3) is 11.6. The standard InChI is InChI=1S/C35H45NO6/c1-25-19-21-27(22-20-25)23-29(15-12-18-31(33(37)38)36-34(39)42-35(3,4)5)32(41-30-16-10-7-11-17-30)26(2)40-24-28-13-8-6-9-14-28/h6-11,13-14,16-17,19-22,26,29,31-32H,12,15,18,23-24H2,1-5H3,(H,36,39)(H,37,38). The van der Waals surface area contributed by atoms with E-state index in [0.717, 1.165) is 17.7 Å². The molecule has 0 fully saturated rings. The van der Waals surface area contributed by atoms with Crippen molar-refractivity contribution in [3.63, 3.8) is 0 Å². The molecular formula is C35H45NO6. The van der Waals surface area contributed by atoms with E-state index in [2.05, 4.69) is 36.5 Å². The number of aryl methyl sites for hydroxylation is 1. The number of aliphatic carboxylic acids is 1. The van der Waals surface area contributed by atoms with Crippen molar-refractivity contribution in [1.29, 1.82) is 0 Å². The molecule has 0 aliphatic carbocycles. The molecular weight excluding hydrogens is 530 g/mol. The summed E-state index contributed by atoms with van der Waals surface area (Å²) in [6.45, 7) is 9.77. The van der Waals surface area contributed by atoms with E-state index in [1.807, 2.05) is 67.6 Å². The molecule has 0 aliphatic rings. The Bertz CT molecular complexity index is 1220. The topological polar surface area (TPSA) is 94.1 Å². The van der Waals surface area contributed by atoms with Gasteiger partial charge >= 0.3 is 12.1 Å². The monoisotopic (exact) mass is 575 g/mol. The van der Waals surface area contributed by atoms with Crippen LogP contribution in [-0.2, 0) is 27.3 Å². The lowest BCUT2D eigenvalue weighted by Gasteiger charge is -2.33. The first-order valence-corrected chi connectivity index (χ1v) is 14.7. The number of carboxylic acid groups (broad SMARTS) is 1. The first-order valence-electron chi connectivity index (χ1n) is 14.7. The number of ether oxygens (including phenoxy) is 3. The molecule has 226 valence electrons. The van der Waals surface area contributed by atoms with Gasteiger partial charge in [-0.2, -0.15) is 0 Å². The highest BCUT2D eigenvalue weighted by Gasteiger charge is 2.31. The van der Waals surface area contributed by atoms with Crippen LogP contribution in [0, 0.1) is 12.8 Å². The number of carboxylic acids is 1. The van der Waals surface area contributed by atoms with Crippen LogP contribution in [-0.4, -0.2) is 41.0 Å². The number of para-hydroxylation sites is 1. The number of alkyl carbamates (subject to hydrolysis) is 1. The SMILES string of the molecule is Cc1ccc(CC(CCCC(NC(=O)OC(C)(C)C)C(=O)O)C(Oc2ccccc2)C(C)OCc2ccccc2)cc1. The molecule has 2 N–H and O–H groups in total. The van der Waals surface area contributed by atoms with E-state index in [0.29, 0.717) is 19.4 Å². The van der Waals surface area contributed by atoms with Crippen LogP contribution in [0.5, 0.6) is 5.75 Å². The zero-order valence-electron chi connectivity index (χ0n) is 25.4. The molecule has 1 amide bonds. The summed E-state index contributed by atoms with van der Waals surface area (Å²) in [6.07, 6.45) is 0.924. The summed E-state index contributed by atoms with van der Waals surface area (Å²) < 4.78 is 18.3. The summed E-state index contributed by atoms with van der Waals surface area (Å²) in [5.74, 6) is -0.330. The zero-order chi connectivity index (χ0) is 30.5. The van der Waals surface area contributed by atoms with Crippen LogP contribution in [0.2, 0.25) is 0 Å². The molecule has 0 heterocycles. The molecule has 4 atom stereocenters. The van der Waals surface area contributed by atoms with Gasteiger partial charge in [-0.3, -0.25) is 0 Å². The lowest BCUT2D eigenvalue weighted by molar-refractivity contribution is -0.139. The summed E-state index contributed by atoms with van der Waals surface area (Å²) in [4.78, 5) is 24.3. The average Bonchev–Trinajstić information content (AvgIpc) is 2.95. The molecule has 3 aromatic rings. The molecule has 42 heavy (non-hydrogen) atoms. The van der Waals surface area contributed by atoms with Crippen LogP contribution < -0.4 is 10.1 Å². The van der Waals surface area contributed by atoms with E-state index >= 15 is 0 Å². The van der Waals surface area contributed by atoms with Crippen molar-refractivity contribution < 1.29 is 28.9 Å². The fraction of sp³-hybridized carbons (Fsp3) is 0.429. The van der Waals surface area contributed by atoms with Crippen molar-refractivity contribution in [2.24, 2.45) is 5.92 Å². The van der Waals surface area contributed by atoms with Crippen molar-refractivity contribution in [3.05, 3.63) is 102 Å². The maximum Gasteiger partial charge on any atom is 0.408 e. The summed E-state index contributed by atoms with van der Waals surface area (Å²) in [5.41, 5.74) is 2.72. The third-order valence-electron chi connectivity index (χ3n) is 6.97. The summed E-state index contributed by atoms with van der Waals surface area (Å²) in [5, 5.41) is 12.3. The van der Waals surface area contributed by atoms with E-state index < -0.39 is 23.7 Å². The Kier molecular flexibility index (Phi) is 12.4. The smallest absolute Gasteiger partial charge is 0.408 e. The highest BCUT2D eigenvalue weighted by Crippen LogP contribution is 2.28. The predicted octanol–water partition coefficient (Wildman–Crippen LogP) is 7.35. The summed E-state index contributed by atoms with van der Waals surface area (Å²) in [7, 11) is 0. The molecule has 0 saturated carbocycles. The van der Waals surface area contributed by atoms with E-state index in [1.54, 1.807) is 20.8 Å². The van der Waals surface area contributed by atoms with Gasteiger partial charge in [-0.15, -0.1) is 0 Å². The minimum Gasteiger partial charge on any atom is -0.487 e. The Morgan fingerprint density at radius 1 is 0.857 bits per heavy atom. The second kappa shape index (κ2) is 16.0. The van der Waals surface area contributed by atoms with E-state index in [-0.39, 0.29) is 24.5 Å². The van der Waals surface area contributed by atoms with Gasteiger partial charge in [-0.05, 0) is 77.1 Å². The molecule has 3 rings (SSSR count). The number of nitrogens with one attached hydrogen (secondary N) is 1. The minimum absolute atomic E-state index is 0.00894. The van der Waals surface area contributed by atoms with Gasteiger partial charge in [-0.25, -0.2) is 9.59 Å². The molecule has 0 spiro atoms. The van der Waals surface area contributed by atoms with Crippen molar-refractivity contribution in [2.75, 3.05) is 0 Å². The van der Waals surface area contributed by atoms with Gasteiger partial charge < -0.3 is 24.6 Å². The van der Waals surface area contributed by atoms with E-state index in [9.17, 15) is 14.7 Å². The third-order valence-corrected chi connectivity index (χ3v) is 6.97. The quantitative estimate of drug-likeness (QED) is 0.197. The maximum absolute atomic E-state index is 12.3. The van der Waals surface area contributed by atoms with Gasteiger partial charge in [-0.1, -0.05) is 84.8 Å². The Balaban J connectivity index is 1.80. The van der Waals surface area contributed by atoms with Crippen LogP contribution in [0.3, 0.4) is 0 Å². The number of carbonyl (C=O) groups excluding carboxylic acids is 1. The largest absolute Gasteiger partial charge is 0.487 e. The van der Waals surface area contributed by atoms with Gasteiger partial charge in [0.1, 0.15) is 23.5 Å². The number of rotatable bonds is 15. The maximum atomic E-state index is 12.3. The summed E-state index contributed by atoms with van der Waals surface area (Å²) >= 11 is 0. The Hall–Kier alpha value is -3.84. The highest BCUT2D eigenvalue weighted by molar-refractivity contribution is 5.79.